The standard InChI is InChI=1S/C9H6F4N2/c10-7-2-5(4-14)1-6(3-7)8(15)9(11,12)13/h1-3,8H,15H2/t8-/m0/s1. The maximum absolute atomic E-state index is 12.8. The van der Waals surface area contributed by atoms with Crippen molar-refractivity contribution in [3.8, 4) is 6.07 Å². The summed E-state index contributed by atoms with van der Waals surface area (Å²) in [4.78, 5) is 0. The maximum atomic E-state index is 12.8. The van der Waals surface area contributed by atoms with Crippen LogP contribution in [0.5, 0.6) is 0 Å². The number of benzene rings is 1. The molecule has 6 heteroatoms. The first-order valence-corrected chi connectivity index (χ1v) is 3.87. The minimum Gasteiger partial charge on any atom is -0.316 e. The molecule has 1 aromatic rings. The fourth-order valence-corrected chi connectivity index (χ4v) is 1.05. The highest BCUT2D eigenvalue weighted by Gasteiger charge is 2.38. The van der Waals surface area contributed by atoms with Crippen molar-refractivity contribution < 1.29 is 17.6 Å². The van der Waals surface area contributed by atoms with Gasteiger partial charge in [0.15, 0.2) is 0 Å². The summed E-state index contributed by atoms with van der Waals surface area (Å²) >= 11 is 0. The van der Waals surface area contributed by atoms with Crippen LogP contribution < -0.4 is 5.73 Å². The van der Waals surface area contributed by atoms with Crippen LogP contribution in [-0.4, -0.2) is 6.18 Å². The van der Waals surface area contributed by atoms with E-state index in [1.165, 1.54) is 0 Å². The van der Waals surface area contributed by atoms with E-state index in [9.17, 15) is 17.6 Å². The van der Waals surface area contributed by atoms with E-state index >= 15 is 0 Å². The molecule has 1 atom stereocenters. The fourth-order valence-electron chi connectivity index (χ4n) is 1.05. The molecule has 0 radical (unpaired) electrons. The van der Waals surface area contributed by atoms with Crippen molar-refractivity contribution in [1.82, 2.24) is 0 Å². The lowest BCUT2D eigenvalue weighted by atomic mass is 10.0. The first-order chi connectivity index (χ1) is 6.84. The number of alkyl halides is 3. The van der Waals surface area contributed by atoms with Gasteiger partial charge in [0.25, 0.3) is 0 Å². The van der Waals surface area contributed by atoms with Crippen molar-refractivity contribution in [1.29, 1.82) is 5.26 Å². The molecule has 15 heavy (non-hydrogen) atoms. The van der Waals surface area contributed by atoms with Crippen LogP contribution in [0.2, 0.25) is 0 Å². The Labute approximate surface area is 82.9 Å². The van der Waals surface area contributed by atoms with Gasteiger partial charge in [-0.05, 0) is 23.8 Å². The highest BCUT2D eigenvalue weighted by atomic mass is 19.4. The third-order valence-corrected chi connectivity index (χ3v) is 1.76. The number of halogens is 4. The Morgan fingerprint density at radius 1 is 1.27 bits per heavy atom. The summed E-state index contributed by atoms with van der Waals surface area (Å²) in [6.07, 6.45) is -4.65. The highest BCUT2D eigenvalue weighted by molar-refractivity contribution is 5.35. The van der Waals surface area contributed by atoms with E-state index in [0.29, 0.717) is 6.07 Å². The van der Waals surface area contributed by atoms with Gasteiger partial charge in [0, 0.05) is 0 Å². The molecule has 0 aliphatic rings. The van der Waals surface area contributed by atoms with Crippen LogP contribution in [0.3, 0.4) is 0 Å². The Morgan fingerprint density at radius 2 is 1.87 bits per heavy atom. The Bertz CT molecular complexity index is 406. The van der Waals surface area contributed by atoms with Gasteiger partial charge in [-0.3, -0.25) is 0 Å². The molecule has 0 unspecified atom stereocenters. The van der Waals surface area contributed by atoms with E-state index in [1.54, 1.807) is 6.07 Å². The zero-order valence-corrected chi connectivity index (χ0v) is 7.35. The SMILES string of the molecule is N#Cc1cc(F)cc([C@H](N)C(F)(F)F)c1. The lowest BCUT2D eigenvalue weighted by molar-refractivity contribution is -0.149. The van der Waals surface area contributed by atoms with Gasteiger partial charge in [-0.15, -0.1) is 0 Å². The Hall–Kier alpha value is -1.61. The van der Waals surface area contributed by atoms with Crippen molar-refractivity contribution in [3.63, 3.8) is 0 Å². The second kappa shape index (κ2) is 3.87. The topological polar surface area (TPSA) is 49.8 Å². The van der Waals surface area contributed by atoms with Crippen molar-refractivity contribution in [3.05, 3.63) is 35.1 Å². The summed E-state index contributed by atoms with van der Waals surface area (Å²) in [5, 5.41) is 8.43. The second-order valence-electron chi connectivity index (χ2n) is 2.90. The summed E-state index contributed by atoms with van der Waals surface area (Å²) in [6, 6.07) is 1.70. The minimum atomic E-state index is -4.65. The lowest BCUT2D eigenvalue weighted by Gasteiger charge is -2.15. The average Bonchev–Trinajstić information content (AvgIpc) is 2.14. The zero-order chi connectivity index (χ0) is 11.6. The normalized spacial score (nSPS) is 13.3. The molecule has 0 aliphatic heterocycles. The molecule has 1 aromatic carbocycles. The molecule has 0 heterocycles. The van der Waals surface area contributed by atoms with Gasteiger partial charge in [-0.2, -0.15) is 18.4 Å². The van der Waals surface area contributed by atoms with E-state index in [0.717, 1.165) is 12.1 Å². The Balaban J connectivity index is 3.16. The van der Waals surface area contributed by atoms with E-state index in [-0.39, 0.29) is 5.56 Å². The number of nitrogens with two attached hydrogens (primary N) is 1. The third kappa shape index (κ3) is 2.67. The molecule has 0 spiro atoms. The van der Waals surface area contributed by atoms with Crippen LogP contribution in [0.25, 0.3) is 0 Å². The predicted octanol–water partition coefficient (Wildman–Crippen LogP) is 2.26. The molecule has 2 nitrogen and oxygen atoms in total. The predicted molar refractivity (Wildman–Crippen MR) is 44.1 cm³/mol. The summed E-state index contributed by atoms with van der Waals surface area (Å²) in [5.41, 5.74) is 4.21. The van der Waals surface area contributed by atoms with Crippen molar-refractivity contribution in [2.75, 3.05) is 0 Å². The average molecular weight is 218 g/mol. The number of hydrogen-bond donors (Lipinski definition) is 1. The van der Waals surface area contributed by atoms with Crippen molar-refractivity contribution >= 4 is 0 Å². The van der Waals surface area contributed by atoms with Gasteiger partial charge in [-0.25, -0.2) is 4.39 Å². The van der Waals surface area contributed by atoms with Gasteiger partial charge in [0.2, 0.25) is 0 Å². The van der Waals surface area contributed by atoms with Crippen LogP contribution in [0.15, 0.2) is 18.2 Å². The van der Waals surface area contributed by atoms with E-state index < -0.39 is 23.6 Å². The van der Waals surface area contributed by atoms with Gasteiger partial charge < -0.3 is 5.73 Å². The largest absolute Gasteiger partial charge is 0.407 e. The molecule has 0 aliphatic carbocycles. The second-order valence-corrected chi connectivity index (χ2v) is 2.90. The molecule has 0 saturated carbocycles. The molecular formula is C9H6F4N2. The molecule has 80 valence electrons. The number of nitrogens with zero attached hydrogens (tertiary/aromatic N) is 1. The molecule has 1 rings (SSSR count). The van der Waals surface area contributed by atoms with Crippen molar-refractivity contribution in [2.24, 2.45) is 5.73 Å². The number of rotatable bonds is 1. The van der Waals surface area contributed by atoms with Gasteiger partial charge in [0.05, 0.1) is 11.6 Å². The zero-order valence-electron chi connectivity index (χ0n) is 7.35. The number of hydrogen-bond acceptors (Lipinski definition) is 2. The first kappa shape index (κ1) is 11.5. The molecule has 0 saturated heterocycles. The molecule has 0 bridgehead atoms. The molecule has 0 aromatic heterocycles. The summed E-state index contributed by atoms with van der Waals surface area (Å²) in [7, 11) is 0. The molecule has 0 amide bonds. The maximum Gasteiger partial charge on any atom is 0.407 e. The van der Waals surface area contributed by atoms with Gasteiger partial charge >= 0.3 is 6.18 Å². The Morgan fingerprint density at radius 3 is 2.33 bits per heavy atom. The summed E-state index contributed by atoms with van der Waals surface area (Å²) in [5.74, 6) is -0.913. The van der Waals surface area contributed by atoms with Gasteiger partial charge in [-0.1, -0.05) is 0 Å². The molecule has 0 fully saturated rings. The number of nitriles is 1. The van der Waals surface area contributed by atoms with E-state index in [4.69, 9.17) is 11.0 Å². The molecular weight excluding hydrogens is 212 g/mol. The van der Waals surface area contributed by atoms with Gasteiger partial charge in [0.1, 0.15) is 11.9 Å². The van der Waals surface area contributed by atoms with Crippen molar-refractivity contribution in [2.45, 2.75) is 12.2 Å². The smallest absolute Gasteiger partial charge is 0.316 e. The quantitative estimate of drug-likeness (QED) is 0.735. The van der Waals surface area contributed by atoms with Crippen LogP contribution in [0.4, 0.5) is 17.6 Å². The highest BCUT2D eigenvalue weighted by Crippen LogP contribution is 2.31. The Kier molecular flexibility index (Phi) is 2.95. The van der Waals surface area contributed by atoms with Crippen LogP contribution in [0.1, 0.15) is 17.2 Å². The van der Waals surface area contributed by atoms with Crippen LogP contribution in [-0.2, 0) is 0 Å². The first-order valence-electron chi connectivity index (χ1n) is 3.87. The third-order valence-electron chi connectivity index (χ3n) is 1.76. The minimum absolute atomic E-state index is 0.190. The fraction of sp³-hybridized carbons (Fsp3) is 0.222. The van der Waals surface area contributed by atoms with Crippen LogP contribution in [0, 0.1) is 17.1 Å². The van der Waals surface area contributed by atoms with E-state index in [1.807, 2.05) is 0 Å². The van der Waals surface area contributed by atoms with Crippen LogP contribution >= 0.6 is 0 Å². The molecule has 2 N–H and O–H groups in total. The summed E-state index contributed by atoms with van der Waals surface area (Å²) < 4.78 is 49.3. The monoisotopic (exact) mass is 218 g/mol. The van der Waals surface area contributed by atoms with E-state index in [2.05, 4.69) is 0 Å². The lowest BCUT2D eigenvalue weighted by Crippen LogP contribution is -2.28. The summed E-state index contributed by atoms with van der Waals surface area (Å²) in [6.45, 7) is 0.